The highest BCUT2D eigenvalue weighted by molar-refractivity contribution is 8.14. The molecule has 6 aromatic carbocycles. The van der Waals surface area contributed by atoms with Gasteiger partial charge in [0.25, 0.3) is 18.1 Å². The maximum Gasteiger partial charge on any atom is 0.262 e. The Kier molecular flexibility index (Phi) is 8.93. The number of hydrogen-bond acceptors (Lipinski definition) is 5. The molecule has 0 aliphatic heterocycles. The largest absolute Gasteiger partial charge is 0.288 e. The molecule has 0 amide bonds. The Bertz CT molecular complexity index is 2260. The number of alkyl halides is 2. The SMILES string of the molecule is O=C(c1c(S(=O)(=O)Cl)ccc(CCl)c1-c1ccc2ccccc2c1)c1c(S(=O)(=O)Cl)ccc(CCl)c1-c1ccc2ccccc2c1. The van der Waals surface area contributed by atoms with Gasteiger partial charge in [-0.15, -0.1) is 23.2 Å². The van der Waals surface area contributed by atoms with Crippen LogP contribution in [-0.4, -0.2) is 22.6 Å². The normalized spacial score (nSPS) is 12.1. The van der Waals surface area contributed by atoms with E-state index in [1.54, 1.807) is 24.3 Å². The molecule has 232 valence electrons. The molecule has 0 bridgehead atoms. The minimum atomic E-state index is -4.55. The first-order valence-corrected chi connectivity index (χ1v) is 19.5. The molecule has 0 saturated carbocycles. The van der Waals surface area contributed by atoms with E-state index in [4.69, 9.17) is 44.6 Å². The molecule has 46 heavy (non-hydrogen) atoms. The number of benzene rings is 6. The number of rotatable bonds is 8. The molecular weight excluding hydrogens is 706 g/mol. The fourth-order valence-electron chi connectivity index (χ4n) is 5.81. The molecule has 0 spiro atoms. The Hall–Kier alpha value is -3.43. The van der Waals surface area contributed by atoms with Crippen LogP contribution in [0.15, 0.2) is 119 Å². The minimum Gasteiger partial charge on any atom is -0.288 e. The lowest BCUT2D eigenvalue weighted by Gasteiger charge is -2.21. The first kappa shape index (κ1) is 32.5. The Balaban J connectivity index is 1.76. The molecule has 6 aromatic rings. The van der Waals surface area contributed by atoms with Gasteiger partial charge in [0.1, 0.15) is 0 Å². The molecule has 11 heteroatoms. The van der Waals surface area contributed by atoms with Crippen molar-refractivity contribution >= 4 is 90.0 Å². The van der Waals surface area contributed by atoms with E-state index >= 15 is 4.79 Å². The van der Waals surface area contributed by atoms with Crippen LogP contribution in [0.25, 0.3) is 43.8 Å². The summed E-state index contributed by atoms with van der Waals surface area (Å²) in [6, 6.07) is 31.2. The van der Waals surface area contributed by atoms with Gasteiger partial charge in [-0.1, -0.05) is 84.9 Å². The fourth-order valence-corrected chi connectivity index (χ4v) is 8.36. The third kappa shape index (κ3) is 6.04. The van der Waals surface area contributed by atoms with Crippen LogP contribution in [-0.2, 0) is 29.9 Å². The summed E-state index contributed by atoms with van der Waals surface area (Å²) in [4.78, 5) is 14.1. The van der Waals surface area contributed by atoms with Crippen LogP contribution in [0.4, 0.5) is 0 Å². The van der Waals surface area contributed by atoms with E-state index in [9.17, 15) is 16.8 Å². The van der Waals surface area contributed by atoms with Crippen molar-refractivity contribution < 1.29 is 21.6 Å². The Morgan fingerprint density at radius 3 is 1.22 bits per heavy atom. The number of halogens is 4. The van der Waals surface area contributed by atoms with Crippen molar-refractivity contribution in [1.82, 2.24) is 0 Å². The molecule has 0 saturated heterocycles. The Morgan fingerprint density at radius 1 is 0.500 bits per heavy atom. The van der Waals surface area contributed by atoms with Gasteiger partial charge >= 0.3 is 0 Å². The summed E-state index contributed by atoms with van der Waals surface area (Å²) in [6.07, 6.45) is 0. The summed E-state index contributed by atoms with van der Waals surface area (Å²) in [5, 5.41) is 3.47. The van der Waals surface area contributed by atoms with E-state index in [0.29, 0.717) is 22.3 Å². The van der Waals surface area contributed by atoms with E-state index in [-0.39, 0.29) is 34.0 Å². The lowest BCUT2D eigenvalue weighted by atomic mass is 9.85. The first-order chi connectivity index (χ1) is 21.9. The predicted molar refractivity (Wildman–Crippen MR) is 187 cm³/mol. The van der Waals surface area contributed by atoms with Gasteiger partial charge in [0.05, 0.1) is 20.9 Å². The fraction of sp³-hybridized carbons (Fsp3) is 0.0571. The molecule has 0 aliphatic rings. The van der Waals surface area contributed by atoms with Crippen LogP contribution >= 0.6 is 44.6 Å². The molecule has 0 heterocycles. The molecule has 0 aliphatic carbocycles. The summed E-state index contributed by atoms with van der Waals surface area (Å²) < 4.78 is 52.4. The molecule has 0 N–H and O–H groups in total. The number of carbonyl (C=O) groups is 1. The highest BCUT2D eigenvalue weighted by atomic mass is 35.7. The molecule has 0 unspecified atom stereocenters. The molecule has 0 fully saturated rings. The predicted octanol–water partition coefficient (Wildman–Crippen LogP) is 9.89. The van der Waals surface area contributed by atoms with Gasteiger partial charge in [-0.05, 0) is 79.2 Å². The van der Waals surface area contributed by atoms with Crippen molar-refractivity contribution in [2.24, 2.45) is 0 Å². The average Bonchev–Trinajstić information content (AvgIpc) is 3.05. The molecule has 0 atom stereocenters. The number of ketones is 1. The smallest absolute Gasteiger partial charge is 0.262 e. The monoisotopic (exact) mass is 726 g/mol. The second kappa shape index (κ2) is 12.6. The van der Waals surface area contributed by atoms with Crippen LogP contribution in [0.3, 0.4) is 0 Å². The average molecular weight is 729 g/mol. The quantitative estimate of drug-likeness (QED) is 0.0885. The van der Waals surface area contributed by atoms with Gasteiger partial charge < -0.3 is 0 Å². The van der Waals surface area contributed by atoms with E-state index in [0.717, 1.165) is 21.5 Å². The van der Waals surface area contributed by atoms with Crippen molar-refractivity contribution in [3.63, 3.8) is 0 Å². The highest BCUT2D eigenvalue weighted by Gasteiger charge is 2.33. The zero-order valence-corrected chi connectivity index (χ0v) is 28.3. The molecular formula is C35H22Cl4O5S2. The van der Waals surface area contributed by atoms with Crippen molar-refractivity contribution in [3.05, 3.63) is 131 Å². The van der Waals surface area contributed by atoms with Gasteiger partial charge in [-0.25, -0.2) is 16.8 Å². The topological polar surface area (TPSA) is 85.3 Å². The van der Waals surface area contributed by atoms with Crippen LogP contribution in [0, 0.1) is 0 Å². The van der Waals surface area contributed by atoms with E-state index < -0.39 is 33.7 Å². The van der Waals surface area contributed by atoms with Crippen molar-refractivity contribution in [3.8, 4) is 22.3 Å². The van der Waals surface area contributed by atoms with Gasteiger partial charge in [-0.2, -0.15) is 0 Å². The van der Waals surface area contributed by atoms with Crippen LogP contribution in [0.5, 0.6) is 0 Å². The van der Waals surface area contributed by atoms with E-state index in [1.807, 2.05) is 60.7 Å². The summed E-state index contributed by atoms with van der Waals surface area (Å²) in [7, 11) is 2.84. The summed E-state index contributed by atoms with van der Waals surface area (Å²) in [6.45, 7) is 0. The lowest BCUT2D eigenvalue weighted by molar-refractivity contribution is 0.103. The Labute approximate surface area is 285 Å². The number of hydrogen-bond donors (Lipinski definition) is 0. The first-order valence-electron chi connectivity index (χ1n) is 13.8. The summed E-state index contributed by atoms with van der Waals surface area (Å²) >= 11 is 12.8. The van der Waals surface area contributed by atoms with Crippen LogP contribution in [0.2, 0.25) is 0 Å². The summed E-state index contributed by atoms with van der Waals surface area (Å²) in [5.41, 5.74) is 1.56. The molecule has 0 radical (unpaired) electrons. The lowest BCUT2D eigenvalue weighted by Crippen LogP contribution is -2.16. The highest BCUT2D eigenvalue weighted by Crippen LogP contribution is 2.42. The summed E-state index contributed by atoms with van der Waals surface area (Å²) in [5.74, 6) is -1.11. The second-order valence-electron chi connectivity index (χ2n) is 10.5. The number of fused-ring (bicyclic) bond motifs is 2. The van der Waals surface area contributed by atoms with Gasteiger partial charge in [0, 0.05) is 33.1 Å². The Morgan fingerprint density at radius 2 is 0.870 bits per heavy atom. The molecule has 6 rings (SSSR count). The minimum absolute atomic E-state index is 0.0923. The van der Waals surface area contributed by atoms with Gasteiger partial charge in [0.15, 0.2) is 5.78 Å². The molecule has 5 nitrogen and oxygen atoms in total. The van der Waals surface area contributed by atoms with Crippen LogP contribution in [0.1, 0.15) is 27.0 Å². The van der Waals surface area contributed by atoms with Crippen LogP contribution < -0.4 is 0 Å². The molecule has 0 aromatic heterocycles. The van der Waals surface area contributed by atoms with Gasteiger partial charge in [0.2, 0.25) is 0 Å². The van der Waals surface area contributed by atoms with Crippen molar-refractivity contribution in [2.45, 2.75) is 21.6 Å². The van der Waals surface area contributed by atoms with Crippen molar-refractivity contribution in [1.29, 1.82) is 0 Å². The van der Waals surface area contributed by atoms with Crippen molar-refractivity contribution in [2.75, 3.05) is 0 Å². The zero-order chi connectivity index (χ0) is 32.8. The number of carbonyl (C=O) groups excluding carboxylic acids is 1. The maximum atomic E-state index is 15.1. The maximum absolute atomic E-state index is 15.1. The van der Waals surface area contributed by atoms with Gasteiger partial charge in [-0.3, -0.25) is 4.79 Å². The standard InChI is InChI=1S/C35H22Cl4O5S2/c36-19-27-13-15-29(45(38,41)42)33(31(27)25-11-9-21-5-1-3-7-23(21)17-25)35(40)34-30(46(39,43)44)16-14-28(20-37)32(34)26-12-10-22-6-2-4-8-24(22)18-26/h1-18H,19-20H2. The van der Waals surface area contributed by atoms with E-state index in [2.05, 4.69) is 0 Å². The zero-order valence-electron chi connectivity index (χ0n) is 23.7. The third-order valence-electron chi connectivity index (χ3n) is 7.85. The second-order valence-corrected chi connectivity index (χ2v) is 16.1. The van der Waals surface area contributed by atoms with E-state index in [1.165, 1.54) is 24.3 Å². The third-order valence-corrected chi connectivity index (χ3v) is 11.2.